The highest BCUT2D eigenvalue weighted by molar-refractivity contribution is 6.24. The van der Waals surface area contributed by atoms with Crippen molar-refractivity contribution in [3.05, 3.63) is 83.2 Å². The second-order valence-electron chi connectivity index (χ2n) is 7.72. The number of hydrogen-bond acceptors (Lipinski definition) is 8. The summed E-state index contributed by atoms with van der Waals surface area (Å²) in [7, 11) is 3.90. The van der Waals surface area contributed by atoms with Gasteiger partial charge in [-0.05, 0) is 35.9 Å². The van der Waals surface area contributed by atoms with E-state index in [2.05, 4.69) is 4.98 Å². The van der Waals surface area contributed by atoms with Crippen molar-refractivity contribution in [2.45, 2.75) is 12.8 Å². The summed E-state index contributed by atoms with van der Waals surface area (Å²) < 4.78 is 68.5. The normalized spacial score (nSPS) is 11.9. The van der Waals surface area contributed by atoms with Gasteiger partial charge in [-0.15, -0.1) is 0 Å². The van der Waals surface area contributed by atoms with Crippen LogP contribution in [0, 0.1) is 0 Å². The van der Waals surface area contributed by atoms with Gasteiger partial charge in [-0.1, -0.05) is 24.3 Å². The average molecular weight is 533 g/mol. The number of alkyl halides is 3. The van der Waals surface area contributed by atoms with E-state index in [1.807, 2.05) is 0 Å². The van der Waals surface area contributed by atoms with Crippen LogP contribution in [0.1, 0.15) is 22.4 Å². The Balaban J connectivity index is 2.11. The fourth-order valence-electron chi connectivity index (χ4n) is 3.51. The minimum absolute atomic E-state index is 0.0308. The number of pyridine rings is 1. The van der Waals surface area contributed by atoms with Crippen LogP contribution < -0.4 is 14.2 Å². The molecule has 0 aliphatic heterocycles. The van der Waals surface area contributed by atoms with Gasteiger partial charge in [0.1, 0.15) is 47.3 Å². The summed E-state index contributed by atoms with van der Waals surface area (Å²) in [6.45, 7) is -0.0919. The van der Waals surface area contributed by atoms with Crippen molar-refractivity contribution in [1.29, 1.82) is 0 Å². The number of aliphatic hydroxyl groups excluding tert-OH is 1. The van der Waals surface area contributed by atoms with Crippen LogP contribution in [-0.4, -0.2) is 50.6 Å². The van der Waals surface area contributed by atoms with Gasteiger partial charge in [0.15, 0.2) is 5.76 Å². The van der Waals surface area contributed by atoms with Crippen molar-refractivity contribution < 1.29 is 46.8 Å². The standard InChI is InChI=1S/C27H26F3NO7/c1-34-14-15-37-20-7-4-6-19(23(20)27(28,29)30)22(26(33)36-3)25(32)24-21(8-5-13-31-24)38-16-17-9-11-18(35-2)12-10-17/h4-13,32H,14-16H2,1-3H3/b25-22+. The fraction of sp³-hybridized carbons (Fsp3) is 0.259. The number of aromatic nitrogens is 1. The van der Waals surface area contributed by atoms with Crippen molar-refractivity contribution in [3.63, 3.8) is 0 Å². The molecule has 3 rings (SSSR count). The third-order valence-electron chi connectivity index (χ3n) is 5.30. The van der Waals surface area contributed by atoms with Crippen LogP contribution in [0.5, 0.6) is 17.2 Å². The first-order chi connectivity index (χ1) is 18.2. The zero-order valence-electron chi connectivity index (χ0n) is 20.9. The number of halogens is 3. The minimum Gasteiger partial charge on any atom is -0.505 e. The van der Waals surface area contributed by atoms with E-state index in [1.165, 1.54) is 38.6 Å². The van der Waals surface area contributed by atoms with Crippen molar-refractivity contribution in [2.75, 3.05) is 34.5 Å². The maximum Gasteiger partial charge on any atom is 0.420 e. The Hall–Kier alpha value is -4.25. The van der Waals surface area contributed by atoms with E-state index in [4.69, 9.17) is 23.7 Å². The highest BCUT2D eigenvalue weighted by Gasteiger charge is 2.40. The molecule has 0 saturated carbocycles. The molecule has 0 aliphatic rings. The molecule has 0 bridgehead atoms. The van der Waals surface area contributed by atoms with E-state index in [0.29, 0.717) is 5.75 Å². The summed E-state index contributed by atoms with van der Waals surface area (Å²) in [4.78, 5) is 16.8. The number of methoxy groups -OCH3 is 3. The van der Waals surface area contributed by atoms with Gasteiger partial charge in [0.2, 0.25) is 0 Å². The van der Waals surface area contributed by atoms with E-state index >= 15 is 0 Å². The molecule has 0 amide bonds. The predicted octanol–water partition coefficient (Wildman–Crippen LogP) is 5.31. The lowest BCUT2D eigenvalue weighted by atomic mass is 9.96. The van der Waals surface area contributed by atoms with Crippen molar-refractivity contribution in [3.8, 4) is 17.2 Å². The van der Waals surface area contributed by atoms with E-state index in [1.54, 1.807) is 24.3 Å². The second-order valence-corrected chi connectivity index (χ2v) is 7.72. The first-order valence-corrected chi connectivity index (χ1v) is 11.3. The Bertz CT molecular complexity index is 1270. The molecule has 0 spiro atoms. The summed E-state index contributed by atoms with van der Waals surface area (Å²) >= 11 is 0. The van der Waals surface area contributed by atoms with E-state index < -0.39 is 40.4 Å². The number of aliphatic hydroxyl groups is 1. The maximum absolute atomic E-state index is 14.2. The van der Waals surface area contributed by atoms with Crippen molar-refractivity contribution in [1.82, 2.24) is 4.98 Å². The SMILES string of the molecule is COCCOc1cccc(/C(C(=O)OC)=C(\O)c2ncccc2OCc2ccc(OC)cc2)c1C(F)(F)F. The van der Waals surface area contributed by atoms with E-state index in [9.17, 15) is 23.1 Å². The highest BCUT2D eigenvalue weighted by atomic mass is 19.4. The number of esters is 1. The van der Waals surface area contributed by atoms with Crippen LogP contribution in [0.25, 0.3) is 11.3 Å². The summed E-state index contributed by atoms with van der Waals surface area (Å²) in [6, 6.07) is 13.4. The second kappa shape index (κ2) is 12.8. The van der Waals surface area contributed by atoms with Crippen LogP contribution in [0.2, 0.25) is 0 Å². The van der Waals surface area contributed by atoms with Gasteiger partial charge in [0, 0.05) is 18.9 Å². The number of carbonyl (C=O) groups excluding carboxylic acids is 1. The zero-order chi connectivity index (χ0) is 27.7. The number of hydrogen-bond donors (Lipinski definition) is 1. The molecule has 1 aromatic heterocycles. The van der Waals surface area contributed by atoms with Gasteiger partial charge in [-0.3, -0.25) is 0 Å². The summed E-state index contributed by atoms with van der Waals surface area (Å²) in [5, 5.41) is 11.2. The van der Waals surface area contributed by atoms with Gasteiger partial charge >= 0.3 is 12.1 Å². The lowest BCUT2D eigenvalue weighted by Crippen LogP contribution is -2.17. The molecule has 0 fully saturated rings. The number of carbonyl (C=O) groups is 1. The number of nitrogens with zero attached hydrogens (tertiary/aromatic N) is 1. The maximum atomic E-state index is 14.2. The van der Waals surface area contributed by atoms with Gasteiger partial charge < -0.3 is 28.8 Å². The van der Waals surface area contributed by atoms with Gasteiger partial charge in [0.05, 0.1) is 20.8 Å². The molecule has 0 radical (unpaired) electrons. The number of rotatable bonds is 11. The predicted molar refractivity (Wildman–Crippen MR) is 132 cm³/mol. The Morgan fingerprint density at radius 1 is 0.921 bits per heavy atom. The number of benzene rings is 2. The molecule has 38 heavy (non-hydrogen) atoms. The van der Waals surface area contributed by atoms with Crippen molar-refractivity contribution in [2.24, 2.45) is 0 Å². The van der Waals surface area contributed by atoms with Crippen molar-refractivity contribution >= 4 is 17.3 Å². The molecule has 0 saturated heterocycles. The third kappa shape index (κ3) is 6.74. The zero-order valence-corrected chi connectivity index (χ0v) is 20.9. The molecule has 0 aliphatic carbocycles. The van der Waals surface area contributed by atoms with Gasteiger partial charge in [-0.2, -0.15) is 13.2 Å². The summed E-state index contributed by atoms with van der Waals surface area (Å²) in [5.41, 5.74) is -2.18. The van der Waals surface area contributed by atoms with E-state index in [-0.39, 0.29) is 31.3 Å². The summed E-state index contributed by atoms with van der Waals surface area (Å²) in [6.07, 6.45) is -3.65. The first kappa shape index (κ1) is 28.3. The first-order valence-electron chi connectivity index (χ1n) is 11.3. The summed E-state index contributed by atoms with van der Waals surface area (Å²) in [5.74, 6) is -1.94. The Morgan fingerprint density at radius 2 is 1.63 bits per heavy atom. The molecule has 3 aromatic rings. The molecule has 202 valence electrons. The Morgan fingerprint density at radius 3 is 2.26 bits per heavy atom. The Labute approximate surface area is 217 Å². The minimum atomic E-state index is -4.95. The Kier molecular flexibility index (Phi) is 9.55. The van der Waals surface area contributed by atoms with Crippen LogP contribution >= 0.6 is 0 Å². The molecule has 11 heteroatoms. The van der Waals surface area contributed by atoms with E-state index in [0.717, 1.165) is 24.8 Å². The topological polar surface area (TPSA) is 96.3 Å². The monoisotopic (exact) mass is 533 g/mol. The largest absolute Gasteiger partial charge is 0.505 e. The van der Waals surface area contributed by atoms with Crippen LogP contribution in [0.4, 0.5) is 13.2 Å². The third-order valence-corrected chi connectivity index (χ3v) is 5.30. The molecular weight excluding hydrogens is 507 g/mol. The smallest absolute Gasteiger partial charge is 0.420 e. The van der Waals surface area contributed by atoms with Crippen LogP contribution in [-0.2, 0) is 27.1 Å². The fourth-order valence-corrected chi connectivity index (χ4v) is 3.51. The molecule has 1 heterocycles. The van der Waals surface area contributed by atoms with Crippen LogP contribution in [0.3, 0.4) is 0 Å². The molecule has 8 nitrogen and oxygen atoms in total. The molecule has 1 N–H and O–H groups in total. The molecular formula is C27H26F3NO7. The quantitative estimate of drug-likeness (QED) is 0.153. The van der Waals surface area contributed by atoms with Gasteiger partial charge in [-0.25, -0.2) is 9.78 Å². The van der Waals surface area contributed by atoms with Gasteiger partial charge in [0.25, 0.3) is 0 Å². The van der Waals surface area contributed by atoms with Crippen LogP contribution in [0.15, 0.2) is 60.8 Å². The average Bonchev–Trinajstić information content (AvgIpc) is 2.92. The molecule has 2 aromatic carbocycles. The molecule has 0 atom stereocenters. The highest BCUT2D eigenvalue weighted by Crippen LogP contribution is 2.43. The lowest BCUT2D eigenvalue weighted by molar-refractivity contribution is -0.139. The lowest BCUT2D eigenvalue weighted by Gasteiger charge is -2.20. The number of ether oxygens (including phenoxy) is 5. The molecule has 0 unspecified atom stereocenters.